The van der Waals surface area contributed by atoms with Crippen molar-refractivity contribution in [1.29, 1.82) is 0 Å². The lowest BCUT2D eigenvalue weighted by Crippen LogP contribution is -2.32. The van der Waals surface area contributed by atoms with Gasteiger partial charge in [-0.1, -0.05) is 0 Å². The number of hydrogen-bond donors (Lipinski definition) is 3. The minimum absolute atomic E-state index is 0.0395. The number of aryl methyl sites for hydroxylation is 1. The molecule has 0 bridgehead atoms. The zero-order valence-corrected chi connectivity index (χ0v) is 12.6. The number of rotatable bonds is 5. The lowest BCUT2D eigenvalue weighted by Gasteiger charge is -2.21. The van der Waals surface area contributed by atoms with Crippen LogP contribution in [0.3, 0.4) is 0 Å². The minimum Gasteiger partial charge on any atom is -0.326 e. The molecule has 1 aromatic rings. The van der Waals surface area contributed by atoms with Crippen molar-refractivity contribution >= 4 is 21.8 Å². The third-order valence-corrected chi connectivity index (χ3v) is 5.84. The number of nitrogens with one attached hydrogen (secondary N) is 2. The molecule has 108 valence electrons. The first kappa shape index (κ1) is 14.8. The summed E-state index contributed by atoms with van der Waals surface area (Å²) in [7, 11) is -3.56. The van der Waals surface area contributed by atoms with Gasteiger partial charge in [0.2, 0.25) is 0 Å². The molecule has 2 heterocycles. The smallest absolute Gasteiger partial charge is 0.260 e. The molecule has 2 rings (SSSR count). The van der Waals surface area contributed by atoms with Crippen LogP contribution >= 0.6 is 11.8 Å². The van der Waals surface area contributed by atoms with E-state index in [-0.39, 0.29) is 11.6 Å². The van der Waals surface area contributed by atoms with Gasteiger partial charge < -0.3 is 5.73 Å². The summed E-state index contributed by atoms with van der Waals surface area (Å²) in [6, 6.07) is 0. The average Bonchev–Trinajstić information content (AvgIpc) is 2.79. The molecule has 0 spiro atoms. The lowest BCUT2D eigenvalue weighted by atomic mass is 10.0. The van der Waals surface area contributed by atoms with Crippen LogP contribution in [-0.4, -0.2) is 36.7 Å². The predicted molar refractivity (Wildman–Crippen MR) is 76.5 cm³/mol. The number of nitrogens with two attached hydrogens (primary N) is 1. The van der Waals surface area contributed by atoms with Gasteiger partial charge in [0.15, 0.2) is 5.03 Å². The third kappa shape index (κ3) is 3.50. The zero-order valence-electron chi connectivity index (χ0n) is 11.0. The Labute approximate surface area is 118 Å². The van der Waals surface area contributed by atoms with Crippen molar-refractivity contribution in [2.24, 2.45) is 11.7 Å². The Kier molecular flexibility index (Phi) is 4.88. The maximum Gasteiger partial charge on any atom is 0.260 e. The Balaban J connectivity index is 2.05. The fourth-order valence-corrected chi connectivity index (χ4v) is 4.66. The van der Waals surface area contributed by atoms with Crippen LogP contribution in [0, 0.1) is 12.8 Å². The molecule has 0 saturated carbocycles. The molecule has 0 unspecified atom stereocenters. The number of thioether (sulfide) groups is 1. The summed E-state index contributed by atoms with van der Waals surface area (Å²) < 4.78 is 27.1. The van der Waals surface area contributed by atoms with Crippen molar-refractivity contribution in [2.75, 3.05) is 18.1 Å². The highest BCUT2D eigenvalue weighted by atomic mass is 32.2. The first-order chi connectivity index (χ1) is 9.04. The van der Waals surface area contributed by atoms with E-state index >= 15 is 0 Å². The second-order valence-corrected chi connectivity index (χ2v) is 7.65. The molecule has 1 aliphatic heterocycles. The summed E-state index contributed by atoms with van der Waals surface area (Å²) in [6.45, 7) is 2.42. The molecule has 6 nitrogen and oxygen atoms in total. The molecule has 0 aromatic carbocycles. The SMILES string of the molecule is Cc1[nH]nc(S(=O)(=O)NCC2CCSCC2)c1CN. The largest absolute Gasteiger partial charge is 0.326 e. The van der Waals surface area contributed by atoms with E-state index in [1.54, 1.807) is 6.92 Å². The van der Waals surface area contributed by atoms with Crippen LogP contribution in [0.4, 0.5) is 0 Å². The van der Waals surface area contributed by atoms with Crippen LogP contribution < -0.4 is 10.5 Å². The molecule has 0 amide bonds. The molecule has 19 heavy (non-hydrogen) atoms. The maximum absolute atomic E-state index is 12.2. The fourth-order valence-electron chi connectivity index (χ4n) is 2.14. The molecular formula is C11H20N4O2S2. The summed E-state index contributed by atoms with van der Waals surface area (Å²) in [5.41, 5.74) is 6.84. The van der Waals surface area contributed by atoms with E-state index < -0.39 is 10.0 Å². The van der Waals surface area contributed by atoms with E-state index in [1.807, 2.05) is 11.8 Å². The van der Waals surface area contributed by atoms with Gasteiger partial charge in [-0.3, -0.25) is 5.10 Å². The number of aromatic amines is 1. The standard InChI is InChI=1S/C11H20N4O2S2/c1-8-10(6-12)11(15-14-8)19(16,17)13-7-9-2-4-18-5-3-9/h9,13H,2-7,12H2,1H3,(H,14,15). The molecular weight excluding hydrogens is 284 g/mol. The van der Waals surface area contributed by atoms with Gasteiger partial charge in [0.25, 0.3) is 10.0 Å². The normalized spacial score (nSPS) is 17.8. The van der Waals surface area contributed by atoms with Crippen LogP contribution in [0.25, 0.3) is 0 Å². The second-order valence-electron chi connectivity index (χ2n) is 4.74. The monoisotopic (exact) mass is 304 g/mol. The van der Waals surface area contributed by atoms with Gasteiger partial charge in [0.1, 0.15) is 0 Å². The first-order valence-corrected chi connectivity index (χ1v) is 8.99. The number of sulfonamides is 1. The topological polar surface area (TPSA) is 101 Å². The van der Waals surface area contributed by atoms with Gasteiger partial charge in [-0.15, -0.1) is 0 Å². The highest BCUT2D eigenvalue weighted by Crippen LogP contribution is 2.23. The van der Waals surface area contributed by atoms with Crippen LogP contribution in [0.2, 0.25) is 0 Å². The number of aromatic nitrogens is 2. The molecule has 1 aliphatic rings. The zero-order chi connectivity index (χ0) is 13.9. The van der Waals surface area contributed by atoms with Gasteiger partial charge in [-0.05, 0) is 37.2 Å². The van der Waals surface area contributed by atoms with Crippen molar-refractivity contribution in [2.45, 2.75) is 31.3 Å². The van der Waals surface area contributed by atoms with Crippen molar-refractivity contribution in [1.82, 2.24) is 14.9 Å². The van der Waals surface area contributed by atoms with Gasteiger partial charge in [0, 0.05) is 24.3 Å². The van der Waals surface area contributed by atoms with Crippen LogP contribution in [0.1, 0.15) is 24.1 Å². The van der Waals surface area contributed by atoms with E-state index in [2.05, 4.69) is 14.9 Å². The molecule has 4 N–H and O–H groups in total. The van der Waals surface area contributed by atoms with E-state index in [1.165, 1.54) is 0 Å². The van der Waals surface area contributed by atoms with Crippen molar-refractivity contribution in [3.8, 4) is 0 Å². The minimum atomic E-state index is -3.56. The summed E-state index contributed by atoms with van der Waals surface area (Å²) in [5.74, 6) is 2.65. The third-order valence-electron chi connectivity index (χ3n) is 3.40. The first-order valence-electron chi connectivity index (χ1n) is 6.36. The molecule has 0 aliphatic carbocycles. The molecule has 0 atom stereocenters. The van der Waals surface area contributed by atoms with E-state index in [4.69, 9.17) is 5.73 Å². The molecule has 8 heteroatoms. The summed E-state index contributed by atoms with van der Waals surface area (Å²) >= 11 is 1.93. The Morgan fingerprint density at radius 1 is 1.47 bits per heavy atom. The second kappa shape index (κ2) is 6.25. The lowest BCUT2D eigenvalue weighted by molar-refractivity contribution is 0.475. The van der Waals surface area contributed by atoms with Crippen molar-refractivity contribution in [3.05, 3.63) is 11.3 Å². The van der Waals surface area contributed by atoms with Gasteiger partial charge in [-0.2, -0.15) is 16.9 Å². The number of H-pyrrole nitrogens is 1. The van der Waals surface area contributed by atoms with Crippen LogP contribution in [0.15, 0.2) is 5.03 Å². The maximum atomic E-state index is 12.2. The Morgan fingerprint density at radius 2 is 2.16 bits per heavy atom. The van der Waals surface area contributed by atoms with Crippen molar-refractivity contribution < 1.29 is 8.42 Å². The summed E-state index contributed by atoms with van der Waals surface area (Å²) in [6.07, 6.45) is 2.13. The number of hydrogen-bond acceptors (Lipinski definition) is 5. The molecule has 1 fully saturated rings. The van der Waals surface area contributed by atoms with E-state index in [0.29, 0.717) is 23.7 Å². The van der Waals surface area contributed by atoms with Crippen LogP contribution in [0.5, 0.6) is 0 Å². The molecule has 1 aromatic heterocycles. The Morgan fingerprint density at radius 3 is 2.79 bits per heavy atom. The Hall–Kier alpha value is -0.570. The van der Waals surface area contributed by atoms with Gasteiger partial charge in [0.05, 0.1) is 0 Å². The fraction of sp³-hybridized carbons (Fsp3) is 0.727. The van der Waals surface area contributed by atoms with Crippen molar-refractivity contribution in [3.63, 3.8) is 0 Å². The molecule has 0 radical (unpaired) electrons. The predicted octanol–water partition coefficient (Wildman–Crippen LogP) is 0.598. The summed E-state index contributed by atoms with van der Waals surface area (Å²) in [5, 5.41) is 6.58. The number of nitrogens with zero attached hydrogens (tertiary/aromatic N) is 1. The van der Waals surface area contributed by atoms with E-state index in [9.17, 15) is 8.42 Å². The molecule has 1 saturated heterocycles. The summed E-state index contributed by atoms with van der Waals surface area (Å²) in [4.78, 5) is 0. The highest BCUT2D eigenvalue weighted by molar-refractivity contribution is 7.99. The Bertz CT molecular complexity index is 521. The van der Waals surface area contributed by atoms with Gasteiger partial charge >= 0.3 is 0 Å². The highest BCUT2D eigenvalue weighted by Gasteiger charge is 2.24. The average molecular weight is 304 g/mol. The van der Waals surface area contributed by atoms with Gasteiger partial charge in [-0.25, -0.2) is 13.1 Å². The van der Waals surface area contributed by atoms with Crippen LogP contribution in [-0.2, 0) is 16.6 Å². The van der Waals surface area contributed by atoms with E-state index in [0.717, 1.165) is 24.3 Å². The quantitative estimate of drug-likeness (QED) is 0.739.